The zero-order valence-corrected chi connectivity index (χ0v) is 20.1. The van der Waals surface area contributed by atoms with Crippen LogP contribution in [0.5, 0.6) is 11.5 Å². The van der Waals surface area contributed by atoms with E-state index in [1.807, 2.05) is 72.8 Å². The average molecular weight is 487 g/mol. The predicted octanol–water partition coefficient (Wildman–Crippen LogP) is 6.13. The van der Waals surface area contributed by atoms with E-state index in [0.717, 1.165) is 22.2 Å². The van der Waals surface area contributed by atoms with E-state index in [1.54, 1.807) is 12.0 Å². The second-order valence-corrected chi connectivity index (χ2v) is 9.32. The largest absolute Gasteiger partial charge is 0.493 e. The maximum absolute atomic E-state index is 13.2. The molecule has 34 heavy (non-hydrogen) atoms. The quantitative estimate of drug-likeness (QED) is 0.232. The third kappa shape index (κ3) is 4.32. The summed E-state index contributed by atoms with van der Waals surface area (Å²) in [7, 11) is 1.63. The number of aromatic nitrogens is 1. The van der Waals surface area contributed by atoms with Crippen LogP contribution in [0.3, 0.4) is 0 Å². The van der Waals surface area contributed by atoms with Crippen molar-refractivity contribution in [3.05, 3.63) is 95.5 Å². The number of hydrogen-bond acceptors (Lipinski definition) is 5. The number of benzene rings is 3. The van der Waals surface area contributed by atoms with Gasteiger partial charge in [0.1, 0.15) is 6.61 Å². The summed E-state index contributed by atoms with van der Waals surface area (Å²) in [6.07, 6.45) is 3.99. The molecule has 0 saturated carbocycles. The Morgan fingerprint density at radius 1 is 0.941 bits per heavy atom. The first-order chi connectivity index (χ1) is 16.7. The second-order valence-electron chi connectivity index (χ2n) is 7.65. The van der Waals surface area contributed by atoms with Crippen molar-refractivity contribution in [2.24, 2.45) is 0 Å². The van der Waals surface area contributed by atoms with Gasteiger partial charge >= 0.3 is 0 Å². The van der Waals surface area contributed by atoms with Crippen LogP contribution in [0, 0.1) is 0 Å². The molecule has 1 amide bonds. The van der Waals surface area contributed by atoms with Crippen LogP contribution in [0.2, 0.25) is 0 Å². The van der Waals surface area contributed by atoms with Crippen molar-refractivity contribution < 1.29 is 14.3 Å². The molecular weight excluding hydrogens is 464 g/mol. The molecule has 0 spiro atoms. The Morgan fingerprint density at radius 3 is 2.44 bits per heavy atom. The van der Waals surface area contributed by atoms with Crippen LogP contribution in [-0.4, -0.2) is 28.5 Å². The van der Waals surface area contributed by atoms with Gasteiger partial charge in [-0.25, -0.2) is 0 Å². The van der Waals surface area contributed by atoms with Gasteiger partial charge in [-0.3, -0.25) is 9.69 Å². The molecule has 0 aliphatic carbocycles. The summed E-state index contributed by atoms with van der Waals surface area (Å²) in [5.74, 6) is 1.32. The van der Waals surface area contributed by atoms with Crippen molar-refractivity contribution in [1.82, 2.24) is 4.57 Å². The molecule has 1 aromatic heterocycles. The van der Waals surface area contributed by atoms with Gasteiger partial charge in [-0.05, 0) is 36.4 Å². The molecule has 1 aliphatic rings. The highest BCUT2D eigenvalue weighted by Gasteiger charge is 2.33. The molecule has 4 aromatic rings. The molecule has 0 bridgehead atoms. The fraction of sp³-hybridized carbons (Fsp3) is 0.111. The highest BCUT2D eigenvalue weighted by molar-refractivity contribution is 8.27. The Kier molecular flexibility index (Phi) is 6.38. The van der Waals surface area contributed by atoms with E-state index in [9.17, 15) is 4.79 Å². The van der Waals surface area contributed by atoms with Gasteiger partial charge in [0.2, 0.25) is 0 Å². The highest BCUT2D eigenvalue weighted by Crippen LogP contribution is 2.37. The molecule has 0 radical (unpaired) electrons. The Morgan fingerprint density at radius 2 is 1.65 bits per heavy atom. The van der Waals surface area contributed by atoms with Crippen LogP contribution in [0.25, 0.3) is 17.0 Å². The molecule has 0 unspecified atom stereocenters. The topological polar surface area (TPSA) is 43.7 Å². The average Bonchev–Trinajstić information content (AvgIpc) is 3.36. The van der Waals surface area contributed by atoms with Gasteiger partial charge in [0.05, 0.1) is 24.2 Å². The highest BCUT2D eigenvalue weighted by atomic mass is 32.2. The lowest BCUT2D eigenvalue weighted by molar-refractivity contribution is -0.113. The molecule has 7 heteroatoms. The van der Waals surface area contributed by atoms with Crippen LogP contribution in [0.4, 0.5) is 5.69 Å². The van der Waals surface area contributed by atoms with Crippen LogP contribution >= 0.6 is 24.0 Å². The molecule has 170 valence electrons. The van der Waals surface area contributed by atoms with Crippen molar-refractivity contribution >= 4 is 56.9 Å². The molecule has 2 heterocycles. The fourth-order valence-electron chi connectivity index (χ4n) is 3.98. The first-order valence-electron chi connectivity index (χ1n) is 10.8. The van der Waals surface area contributed by atoms with E-state index in [0.29, 0.717) is 33.9 Å². The smallest absolute Gasteiger partial charge is 0.270 e. The number of thiocarbonyl (C=S) groups is 1. The summed E-state index contributed by atoms with van der Waals surface area (Å²) >= 11 is 6.84. The minimum atomic E-state index is -0.0995. The number of nitrogens with zero attached hydrogens (tertiary/aromatic N) is 2. The van der Waals surface area contributed by atoms with Crippen molar-refractivity contribution in [2.75, 3.05) is 18.6 Å². The summed E-state index contributed by atoms with van der Waals surface area (Å²) < 4.78 is 14.0. The first-order valence-corrected chi connectivity index (χ1v) is 12.0. The van der Waals surface area contributed by atoms with Gasteiger partial charge in [0.25, 0.3) is 5.91 Å². The summed E-state index contributed by atoms with van der Waals surface area (Å²) in [6, 6.07) is 25.3. The zero-order valence-electron chi connectivity index (χ0n) is 18.5. The molecule has 5 rings (SSSR count). The van der Waals surface area contributed by atoms with Gasteiger partial charge in [0, 0.05) is 22.7 Å². The van der Waals surface area contributed by atoms with E-state index < -0.39 is 0 Å². The summed E-state index contributed by atoms with van der Waals surface area (Å²) in [4.78, 5) is 15.4. The van der Waals surface area contributed by atoms with Gasteiger partial charge in [0.15, 0.2) is 15.8 Å². The zero-order chi connectivity index (χ0) is 23.5. The molecule has 1 saturated heterocycles. The summed E-state index contributed by atoms with van der Waals surface area (Å²) in [5, 5.41) is 1.07. The summed E-state index contributed by atoms with van der Waals surface area (Å²) in [5.41, 5.74) is 2.83. The number of fused-ring (bicyclic) bond motifs is 1. The van der Waals surface area contributed by atoms with Crippen molar-refractivity contribution in [1.29, 1.82) is 0 Å². The Bertz CT molecular complexity index is 1400. The van der Waals surface area contributed by atoms with Crippen molar-refractivity contribution in [2.45, 2.75) is 6.54 Å². The van der Waals surface area contributed by atoms with E-state index >= 15 is 0 Å². The Balaban J connectivity index is 1.40. The van der Waals surface area contributed by atoms with Gasteiger partial charge in [-0.1, -0.05) is 72.5 Å². The number of amides is 1. The lowest BCUT2D eigenvalue weighted by Gasteiger charge is -2.13. The van der Waals surface area contributed by atoms with Gasteiger partial charge in [-0.15, -0.1) is 0 Å². The van der Waals surface area contributed by atoms with E-state index in [1.165, 1.54) is 11.8 Å². The van der Waals surface area contributed by atoms with Gasteiger partial charge in [-0.2, -0.15) is 0 Å². The molecule has 1 aliphatic heterocycles. The molecule has 3 aromatic carbocycles. The number of para-hydroxylation sites is 4. The lowest BCUT2D eigenvalue weighted by Crippen LogP contribution is -2.27. The van der Waals surface area contributed by atoms with E-state index in [-0.39, 0.29) is 5.91 Å². The molecule has 0 atom stereocenters. The number of carbonyl (C=O) groups is 1. The van der Waals surface area contributed by atoms with Crippen LogP contribution in [0.1, 0.15) is 5.56 Å². The summed E-state index contributed by atoms with van der Waals surface area (Å²) in [6.45, 7) is 1.13. The minimum Gasteiger partial charge on any atom is -0.493 e. The maximum atomic E-state index is 13.2. The van der Waals surface area contributed by atoms with E-state index in [2.05, 4.69) is 22.9 Å². The number of carbonyl (C=O) groups excluding carboxylic acids is 1. The van der Waals surface area contributed by atoms with Crippen LogP contribution in [0.15, 0.2) is 90.0 Å². The number of ether oxygens (including phenoxy) is 2. The van der Waals surface area contributed by atoms with E-state index in [4.69, 9.17) is 21.7 Å². The monoisotopic (exact) mass is 486 g/mol. The third-order valence-electron chi connectivity index (χ3n) is 5.57. The number of methoxy groups -OCH3 is 1. The van der Waals surface area contributed by atoms with Crippen LogP contribution in [-0.2, 0) is 11.3 Å². The molecule has 1 fully saturated rings. The molecule has 5 nitrogen and oxygen atoms in total. The number of thioether (sulfide) groups is 1. The molecular formula is C27H22N2O3S2. The standard InChI is InChI=1S/C27H22N2O3S2/c1-31-23-13-7-8-14-24(23)32-16-15-28-18-19(21-11-5-6-12-22(21)28)17-25-26(30)29(27(33)34-25)20-9-3-2-4-10-20/h2-14,17-18H,15-16H2,1H3/b25-17+. The predicted molar refractivity (Wildman–Crippen MR) is 143 cm³/mol. The van der Waals surface area contributed by atoms with Crippen LogP contribution < -0.4 is 14.4 Å². The Hall–Kier alpha value is -3.55. The lowest BCUT2D eigenvalue weighted by atomic mass is 10.1. The minimum absolute atomic E-state index is 0.0995. The Labute approximate surface area is 207 Å². The van der Waals surface area contributed by atoms with Gasteiger partial charge < -0.3 is 14.0 Å². The second kappa shape index (κ2) is 9.75. The normalized spacial score (nSPS) is 14.9. The third-order valence-corrected chi connectivity index (χ3v) is 6.88. The first kappa shape index (κ1) is 22.3. The van der Waals surface area contributed by atoms with Crippen molar-refractivity contribution in [3.63, 3.8) is 0 Å². The fourth-order valence-corrected chi connectivity index (χ4v) is 5.27. The van der Waals surface area contributed by atoms with Crippen molar-refractivity contribution in [3.8, 4) is 11.5 Å². The SMILES string of the molecule is COc1ccccc1OCCn1cc(/C=C2/SC(=S)N(c3ccccc3)C2=O)c2ccccc21. The maximum Gasteiger partial charge on any atom is 0.270 e. The number of rotatable bonds is 7. The number of hydrogen-bond donors (Lipinski definition) is 0. The molecule has 0 N–H and O–H groups in total. The number of anilines is 1.